The molecule has 16 heavy (non-hydrogen) atoms. The highest BCUT2D eigenvalue weighted by atomic mass is 35.5. The lowest BCUT2D eigenvalue weighted by molar-refractivity contribution is 0.724. The van der Waals surface area contributed by atoms with Crippen LogP contribution in [0.2, 0.25) is 5.02 Å². The third-order valence-corrected chi connectivity index (χ3v) is 3.97. The number of alkyl halides is 1. The molecule has 0 aliphatic heterocycles. The Morgan fingerprint density at radius 2 is 2.12 bits per heavy atom. The van der Waals surface area contributed by atoms with Gasteiger partial charge in [-0.05, 0) is 29.9 Å². The topological polar surface area (TPSA) is 3.24 Å². The highest BCUT2D eigenvalue weighted by Gasteiger charge is 2.33. The number of para-hydroxylation sites is 1. The van der Waals surface area contributed by atoms with Crippen LogP contribution in [-0.4, -0.2) is 13.6 Å². The first kappa shape index (κ1) is 12.1. The molecule has 2 rings (SSSR count). The molecule has 1 aromatic carbocycles. The van der Waals surface area contributed by atoms with Crippen LogP contribution in [0.4, 0.5) is 5.69 Å². The lowest BCUT2D eigenvalue weighted by Gasteiger charge is -2.23. The molecular weight excluding hydrogens is 241 g/mol. The first-order valence-electron chi connectivity index (χ1n) is 5.68. The normalized spacial score (nSPS) is 23.2. The fourth-order valence-electron chi connectivity index (χ4n) is 2.19. The maximum absolute atomic E-state index is 6.24. The SMILES string of the molecule is CC1CC1CN(C)c1c(Cl)cccc1CCl. The second-order valence-electron chi connectivity index (χ2n) is 4.73. The molecule has 88 valence electrons. The summed E-state index contributed by atoms with van der Waals surface area (Å²) in [6, 6.07) is 5.93. The molecule has 0 amide bonds. The highest BCUT2D eigenvalue weighted by Crippen LogP contribution is 2.40. The minimum atomic E-state index is 0.514. The molecule has 1 saturated carbocycles. The van der Waals surface area contributed by atoms with E-state index in [1.54, 1.807) is 0 Å². The molecule has 1 nitrogen and oxygen atoms in total. The quantitative estimate of drug-likeness (QED) is 0.732. The van der Waals surface area contributed by atoms with E-state index in [4.69, 9.17) is 23.2 Å². The Morgan fingerprint density at radius 1 is 1.44 bits per heavy atom. The number of hydrogen-bond acceptors (Lipinski definition) is 1. The molecule has 0 aromatic heterocycles. The van der Waals surface area contributed by atoms with Crippen molar-refractivity contribution in [3.05, 3.63) is 28.8 Å². The molecule has 1 aliphatic carbocycles. The van der Waals surface area contributed by atoms with Gasteiger partial charge >= 0.3 is 0 Å². The van der Waals surface area contributed by atoms with Crippen molar-refractivity contribution in [2.24, 2.45) is 11.8 Å². The van der Waals surface area contributed by atoms with E-state index >= 15 is 0 Å². The lowest BCUT2D eigenvalue weighted by Crippen LogP contribution is -2.22. The van der Waals surface area contributed by atoms with E-state index in [2.05, 4.69) is 18.9 Å². The van der Waals surface area contributed by atoms with Gasteiger partial charge in [-0.25, -0.2) is 0 Å². The first-order chi connectivity index (χ1) is 7.63. The second-order valence-corrected chi connectivity index (χ2v) is 5.41. The van der Waals surface area contributed by atoms with Crippen molar-refractivity contribution in [3.8, 4) is 0 Å². The Kier molecular flexibility index (Phi) is 3.66. The van der Waals surface area contributed by atoms with Crippen LogP contribution in [0.1, 0.15) is 18.9 Å². The number of rotatable bonds is 4. The molecule has 0 saturated heterocycles. The van der Waals surface area contributed by atoms with Crippen LogP contribution in [0, 0.1) is 11.8 Å². The summed E-state index contributed by atoms with van der Waals surface area (Å²) in [5.41, 5.74) is 2.21. The van der Waals surface area contributed by atoms with Crippen LogP contribution in [-0.2, 0) is 5.88 Å². The monoisotopic (exact) mass is 257 g/mol. The summed E-state index contributed by atoms with van der Waals surface area (Å²) in [6.45, 7) is 3.38. The smallest absolute Gasteiger partial charge is 0.0642 e. The van der Waals surface area contributed by atoms with E-state index in [0.29, 0.717) is 5.88 Å². The van der Waals surface area contributed by atoms with Gasteiger partial charge < -0.3 is 4.90 Å². The fourth-order valence-corrected chi connectivity index (χ4v) is 2.75. The van der Waals surface area contributed by atoms with E-state index in [0.717, 1.165) is 34.7 Å². The molecule has 0 radical (unpaired) electrons. The molecule has 1 fully saturated rings. The maximum atomic E-state index is 6.24. The summed E-state index contributed by atoms with van der Waals surface area (Å²) in [6.07, 6.45) is 1.34. The average molecular weight is 258 g/mol. The standard InChI is InChI=1S/C13H17Cl2N/c1-9-6-11(9)8-16(2)13-10(7-14)4-3-5-12(13)15/h3-5,9,11H,6-8H2,1-2H3. The van der Waals surface area contributed by atoms with E-state index in [1.807, 2.05) is 18.2 Å². The number of hydrogen-bond donors (Lipinski definition) is 0. The van der Waals surface area contributed by atoms with Gasteiger partial charge in [-0.3, -0.25) is 0 Å². The highest BCUT2D eigenvalue weighted by molar-refractivity contribution is 6.33. The molecule has 0 N–H and O–H groups in total. The predicted molar refractivity (Wildman–Crippen MR) is 71.6 cm³/mol. The molecule has 0 bridgehead atoms. The molecule has 0 spiro atoms. The van der Waals surface area contributed by atoms with Crippen molar-refractivity contribution < 1.29 is 0 Å². The molecule has 0 heterocycles. The molecule has 2 unspecified atom stereocenters. The van der Waals surface area contributed by atoms with Crippen molar-refractivity contribution in [2.45, 2.75) is 19.2 Å². The van der Waals surface area contributed by atoms with Crippen molar-refractivity contribution in [2.75, 3.05) is 18.5 Å². The van der Waals surface area contributed by atoms with Crippen LogP contribution < -0.4 is 4.90 Å². The number of nitrogens with zero attached hydrogens (tertiary/aromatic N) is 1. The zero-order chi connectivity index (χ0) is 11.7. The van der Waals surface area contributed by atoms with Crippen LogP contribution >= 0.6 is 23.2 Å². The Hall–Kier alpha value is -0.400. The van der Waals surface area contributed by atoms with Gasteiger partial charge in [0.15, 0.2) is 0 Å². The third-order valence-electron chi connectivity index (χ3n) is 3.38. The van der Waals surface area contributed by atoms with Gasteiger partial charge in [0.05, 0.1) is 10.7 Å². The molecule has 2 atom stereocenters. The lowest BCUT2D eigenvalue weighted by atomic mass is 10.1. The fraction of sp³-hybridized carbons (Fsp3) is 0.538. The van der Waals surface area contributed by atoms with Crippen molar-refractivity contribution in [3.63, 3.8) is 0 Å². The van der Waals surface area contributed by atoms with Crippen molar-refractivity contribution in [1.29, 1.82) is 0 Å². The Bertz CT molecular complexity index is 378. The van der Waals surface area contributed by atoms with Crippen LogP contribution in [0.25, 0.3) is 0 Å². The zero-order valence-electron chi connectivity index (χ0n) is 9.71. The van der Waals surface area contributed by atoms with Gasteiger partial charge in [0, 0.05) is 19.5 Å². The summed E-state index contributed by atoms with van der Waals surface area (Å²) < 4.78 is 0. The van der Waals surface area contributed by atoms with E-state index < -0.39 is 0 Å². The van der Waals surface area contributed by atoms with Crippen LogP contribution in [0.15, 0.2) is 18.2 Å². The molecule has 3 heteroatoms. The van der Waals surface area contributed by atoms with Crippen LogP contribution in [0.3, 0.4) is 0 Å². The number of anilines is 1. The Labute approximate surface area is 107 Å². The minimum Gasteiger partial charge on any atom is -0.373 e. The predicted octanol–water partition coefficient (Wildman–Crippen LogP) is 4.17. The number of halogens is 2. The van der Waals surface area contributed by atoms with Crippen molar-refractivity contribution in [1.82, 2.24) is 0 Å². The van der Waals surface area contributed by atoms with Gasteiger partial charge in [-0.15, -0.1) is 11.6 Å². The first-order valence-corrected chi connectivity index (χ1v) is 6.59. The largest absolute Gasteiger partial charge is 0.373 e. The van der Waals surface area contributed by atoms with Gasteiger partial charge in [0.1, 0.15) is 0 Å². The van der Waals surface area contributed by atoms with Gasteiger partial charge in [0.2, 0.25) is 0 Å². The van der Waals surface area contributed by atoms with Crippen molar-refractivity contribution >= 4 is 28.9 Å². The van der Waals surface area contributed by atoms with E-state index in [-0.39, 0.29) is 0 Å². The number of benzene rings is 1. The summed E-state index contributed by atoms with van der Waals surface area (Å²) in [7, 11) is 2.10. The maximum Gasteiger partial charge on any atom is 0.0642 e. The molecule has 1 aliphatic rings. The molecule has 1 aromatic rings. The summed E-state index contributed by atoms with van der Waals surface area (Å²) >= 11 is 12.2. The Morgan fingerprint density at radius 3 is 2.69 bits per heavy atom. The van der Waals surface area contributed by atoms with E-state index in [1.165, 1.54) is 6.42 Å². The third kappa shape index (κ3) is 2.46. The summed E-state index contributed by atoms with van der Waals surface area (Å²) in [5, 5.41) is 0.800. The van der Waals surface area contributed by atoms with E-state index in [9.17, 15) is 0 Å². The summed E-state index contributed by atoms with van der Waals surface area (Å²) in [4.78, 5) is 2.24. The summed E-state index contributed by atoms with van der Waals surface area (Å²) in [5.74, 6) is 2.20. The second kappa shape index (κ2) is 4.85. The molecular formula is C13H17Cl2N. The van der Waals surface area contributed by atoms with Gasteiger partial charge in [0.25, 0.3) is 0 Å². The average Bonchev–Trinajstić information content (AvgIpc) is 2.93. The Balaban J connectivity index is 2.17. The van der Waals surface area contributed by atoms with Gasteiger partial charge in [-0.1, -0.05) is 30.7 Å². The zero-order valence-corrected chi connectivity index (χ0v) is 11.2. The van der Waals surface area contributed by atoms with Gasteiger partial charge in [-0.2, -0.15) is 0 Å². The minimum absolute atomic E-state index is 0.514. The van der Waals surface area contributed by atoms with Crippen LogP contribution in [0.5, 0.6) is 0 Å².